The molecule has 0 radical (unpaired) electrons. The fourth-order valence-electron chi connectivity index (χ4n) is 2.42. The van der Waals surface area contributed by atoms with Crippen molar-refractivity contribution in [2.24, 2.45) is 10.2 Å². The van der Waals surface area contributed by atoms with Crippen molar-refractivity contribution in [3.8, 4) is 5.75 Å². The summed E-state index contributed by atoms with van der Waals surface area (Å²) in [6, 6.07) is 13.5. The van der Waals surface area contributed by atoms with Crippen molar-refractivity contribution in [1.29, 1.82) is 0 Å². The van der Waals surface area contributed by atoms with Gasteiger partial charge in [0.1, 0.15) is 11.6 Å². The predicted molar refractivity (Wildman–Crippen MR) is 102 cm³/mol. The Morgan fingerprint density at radius 2 is 1.88 bits per heavy atom. The zero-order chi connectivity index (χ0) is 18.5. The topological polar surface area (TPSA) is 54.3 Å². The molecule has 7 heteroatoms. The largest absolute Gasteiger partial charge is 0.497 e. The van der Waals surface area contributed by atoms with Crippen molar-refractivity contribution in [3.05, 3.63) is 65.5 Å². The van der Waals surface area contributed by atoms with Crippen LogP contribution in [0.2, 0.25) is 0 Å². The van der Waals surface area contributed by atoms with E-state index in [1.165, 1.54) is 23.9 Å². The molecule has 2 aromatic rings. The van der Waals surface area contributed by atoms with Crippen LogP contribution in [0.1, 0.15) is 18.1 Å². The number of halogens is 1. The summed E-state index contributed by atoms with van der Waals surface area (Å²) < 4.78 is 18.2. The van der Waals surface area contributed by atoms with Crippen LogP contribution in [0.3, 0.4) is 0 Å². The van der Waals surface area contributed by atoms with Crippen molar-refractivity contribution >= 4 is 29.1 Å². The van der Waals surface area contributed by atoms with E-state index in [4.69, 9.17) is 4.74 Å². The van der Waals surface area contributed by atoms with Gasteiger partial charge in [-0.05, 0) is 54.4 Å². The van der Waals surface area contributed by atoms with Gasteiger partial charge in [-0.2, -0.15) is 5.10 Å². The number of methoxy groups -OCH3 is 1. The van der Waals surface area contributed by atoms with Crippen molar-refractivity contribution in [2.45, 2.75) is 18.7 Å². The van der Waals surface area contributed by atoms with Crippen LogP contribution in [-0.4, -0.2) is 34.5 Å². The Balaban J connectivity index is 1.74. The predicted octanol–water partition coefficient (Wildman–Crippen LogP) is 3.69. The van der Waals surface area contributed by atoms with Gasteiger partial charge in [0, 0.05) is 0 Å². The van der Waals surface area contributed by atoms with Crippen LogP contribution >= 0.6 is 11.8 Å². The van der Waals surface area contributed by atoms with Crippen molar-refractivity contribution in [2.75, 3.05) is 7.11 Å². The monoisotopic (exact) mass is 371 g/mol. The fraction of sp³-hybridized carbons (Fsp3) is 0.211. The van der Waals surface area contributed by atoms with E-state index in [0.717, 1.165) is 16.9 Å². The molecule has 0 bridgehead atoms. The smallest absolute Gasteiger partial charge is 0.242 e. The Bertz CT molecular complexity index is 835. The van der Waals surface area contributed by atoms with Crippen LogP contribution in [0.4, 0.5) is 4.39 Å². The lowest BCUT2D eigenvalue weighted by molar-refractivity contribution is -0.126. The molecule has 26 heavy (non-hydrogen) atoms. The molecular weight excluding hydrogens is 353 g/mol. The first-order valence-electron chi connectivity index (χ1n) is 8.04. The van der Waals surface area contributed by atoms with Gasteiger partial charge in [0.25, 0.3) is 0 Å². The maximum Gasteiger partial charge on any atom is 0.242 e. The standard InChI is InChI=1S/C19H18FN3O2S/c1-13-18(24)23(12-15-3-7-16(20)8-4-15)19(26-13)22-21-11-14-5-9-17(25-2)10-6-14/h3-11,13H,12H2,1-2H3/b21-11+,22-19+. The lowest BCUT2D eigenvalue weighted by Crippen LogP contribution is -2.30. The number of amides is 1. The Morgan fingerprint density at radius 1 is 1.19 bits per heavy atom. The Morgan fingerprint density at radius 3 is 2.54 bits per heavy atom. The molecule has 0 spiro atoms. The number of ether oxygens (including phenoxy) is 1. The highest BCUT2D eigenvalue weighted by Gasteiger charge is 2.35. The molecule has 3 rings (SSSR count). The zero-order valence-electron chi connectivity index (χ0n) is 14.4. The third-order valence-electron chi connectivity index (χ3n) is 3.85. The third kappa shape index (κ3) is 4.29. The van der Waals surface area contributed by atoms with Crippen LogP contribution in [0.25, 0.3) is 0 Å². The first kappa shape index (κ1) is 18.1. The number of carbonyl (C=O) groups excluding carboxylic acids is 1. The number of nitrogens with zero attached hydrogens (tertiary/aromatic N) is 3. The Hall–Kier alpha value is -2.67. The molecule has 1 fully saturated rings. The molecule has 1 aliphatic heterocycles. The summed E-state index contributed by atoms with van der Waals surface area (Å²) in [5.74, 6) is 0.435. The lowest BCUT2D eigenvalue weighted by atomic mass is 10.2. The number of thioether (sulfide) groups is 1. The van der Waals surface area contributed by atoms with E-state index in [0.29, 0.717) is 11.7 Å². The summed E-state index contributed by atoms with van der Waals surface area (Å²) in [5.41, 5.74) is 1.71. The molecule has 1 aliphatic rings. The normalized spacial score (nSPS) is 18.9. The van der Waals surface area contributed by atoms with E-state index >= 15 is 0 Å². The number of rotatable bonds is 5. The molecule has 1 heterocycles. The van der Waals surface area contributed by atoms with Crippen molar-refractivity contribution in [3.63, 3.8) is 0 Å². The molecule has 1 saturated heterocycles. The molecule has 0 saturated carbocycles. The second-order valence-corrected chi connectivity index (χ2v) is 7.02. The van der Waals surface area contributed by atoms with Gasteiger partial charge in [0.2, 0.25) is 5.91 Å². The summed E-state index contributed by atoms with van der Waals surface area (Å²) in [4.78, 5) is 14.0. The van der Waals surface area contributed by atoms with Crippen LogP contribution < -0.4 is 4.74 Å². The van der Waals surface area contributed by atoms with Gasteiger partial charge in [-0.25, -0.2) is 4.39 Å². The molecular formula is C19H18FN3O2S. The minimum absolute atomic E-state index is 0.0299. The first-order valence-corrected chi connectivity index (χ1v) is 8.92. The first-order chi connectivity index (χ1) is 12.6. The van der Waals surface area contributed by atoms with Gasteiger partial charge in [-0.3, -0.25) is 9.69 Å². The molecule has 0 N–H and O–H groups in total. The molecule has 5 nitrogen and oxygen atoms in total. The average molecular weight is 371 g/mol. The quantitative estimate of drug-likeness (QED) is 0.595. The van der Waals surface area contributed by atoms with Gasteiger partial charge in [-0.15, -0.1) is 5.10 Å². The second-order valence-electron chi connectivity index (χ2n) is 5.71. The number of benzene rings is 2. The van der Waals surface area contributed by atoms with Gasteiger partial charge in [-0.1, -0.05) is 23.9 Å². The number of amidine groups is 1. The molecule has 2 aromatic carbocycles. The fourth-order valence-corrected chi connectivity index (χ4v) is 3.34. The molecule has 134 valence electrons. The second kappa shape index (κ2) is 8.14. The van der Waals surface area contributed by atoms with Gasteiger partial charge < -0.3 is 4.74 Å². The van der Waals surface area contributed by atoms with E-state index in [2.05, 4.69) is 10.2 Å². The summed E-state index contributed by atoms with van der Waals surface area (Å²) in [6.07, 6.45) is 1.62. The number of hydrogen-bond acceptors (Lipinski definition) is 5. The van der Waals surface area contributed by atoms with Gasteiger partial charge in [0.05, 0.1) is 25.1 Å². The van der Waals surface area contributed by atoms with Crippen molar-refractivity contribution in [1.82, 2.24) is 4.90 Å². The average Bonchev–Trinajstić information content (AvgIpc) is 2.92. The minimum atomic E-state index is -0.303. The molecule has 1 unspecified atom stereocenters. The maximum absolute atomic E-state index is 13.1. The Labute approximate surface area is 155 Å². The van der Waals surface area contributed by atoms with Crippen LogP contribution in [-0.2, 0) is 11.3 Å². The lowest BCUT2D eigenvalue weighted by Gasteiger charge is -2.15. The van der Waals surface area contributed by atoms with E-state index in [9.17, 15) is 9.18 Å². The van der Waals surface area contributed by atoms with Crippen LogP contribution in [0, 0.1) is 5.82 Å². The van der Waals surface area contributed by atoms with E-state index in [1.807, 2.05) is 31.2 Å². The van der Waals surface area contributed by atoms with Gasteiger partial charge >= 0.3 is 0 Å². The molecule has 0 aromatic heterocycles. The summed E-state index contributed by atoms with van der Waals surface area (Å²) in [7, 11) is 1.61. The van der Waals surface area contributed by atoms with Crippen LogP contribution in [0.15, 0.2) is 58.7 Å². The van der Waals surface area contributed by atoms with E-state index in [1.54, 1.807) is 30.4 Å². The summed E-state index contributed by atoms with van der Waals surface area (Å²) >= 11 is 1.36. The van der Waals surface area contributed by atoms with Gasteiger partial charge in [0.15, 0.2) is 5.17 Å². The molecule has 1 amide bonds. The number of carbonyl (C=O) groups is 1. The zero-order valence-corrected chi connectivity index (χ0v) is 15.2. The SMILES string of the molecule is COc1ccc(/C=N/N=C2/SC(C)C(=O)N2Cc2ccc(F)cc2)cc1. The highest BCUT2D eigenvalue weighted by atomic mass is 32.2. The van der Waals surface area contributed by atoms with E-state index in [-0.39, 0.29) is 17.0 Å². The summed E-state index contributed by atoms with van der Waals surface area (Å²) in [5, 5.41) is 8.63. The third-order valence-corrected chi connectivity index (χ3v) is 4.91. The van der Waals surface area contributed by atoms with Crippen LogP contribution in [0.5, 0.6) is 5.75 Å². The molecule has 1 atom stereocenters. The Kier molecular flexibility index (Phi) is 5.68. The van der Waals surface area contributed by atoms with E-state index < -0.39 is 0 Å². The highest BCUT2D eigenvalue weighted by molar-refractivity contribution is 8.15. The summed E-state index contributed by atoms with van der Waals surface area (Å²) in [6.45, 7) is 2.17. The molecule has 0 aliphatic carbocycles. The highest BCUT2D eigenvalue weighted by Crippen LogP contribution is 2.28. The number of hydrogen-bond donors (Lipinski definition) is 0. The maximum atomic E-state index is 13.1. The minimum Gasteiger partial charge on any atom is -0.497 e. The van der Waals surface area contributed by atoms with Crippen molar-refractivity contribution < 1.29 is 13.9 Å².